The smallest absolute Gasteiger partial charge is 0.251 e. The lowest BCUT2D eigenvalue weighted by Crippen LogP contribution is -2.27. The normalized spacial score (nSPS) is 12.3. The van der Waals surface area contributed by atoms with E-state index in [1.165, 1.54) is 0 Å². The fourth-order valence-corrected chi connectivity index (χ4v) is 4.25. The summed E-state index contributed by atoms with van der Waals surface area (Å²) < 4.78 is 0. The minimum atomic E-state index is -0.102. The molecule has 0 atom stereocenters. The van der Waals surface area contributed by atoms with E-state index < -0.39 is 0 Å². The Labute approximate surface area is 186 Å². The van der Waals surface area contributed by atoms with E-state index in [4.69, 9.17) is 4.98 Å². The molecule has 32 heavy (non-hydrogen) atoms. The Morgan fingerprint density at radius 2 is 1.72 bits per heavy atom. The summed E-state index contributed by atoms with van der Waals surface area (Å²) >= 11 is 0. The molecule has 160 valence electrons. The number of benzene rings is 3. The molecule has 2 N–H and O–H groups in total. The average Bonchev–Trinajstić information content (AvgIpc) is 3.35. The Morgan fingerprint density at radius 1 is 0.969 bits per heavy atom. The fraction of sp³-hybridized carbons (Fsp3) is 0.192. The number of hydrogen-bond acceptors (Lipinski definition) is 4. The zero-order chi connectivity index (χ0) is 22.2. The van der Waals surface area contributed by atoms with Crippen LogP contribution in [0.1, 0.15) is 32.7 Å². The molecule has 3 aromatic carbocycles. The first-order chi connectivity index (χ1) is 15.5. The Morgan fingerprint density at radius 3 is 2.53 bits per heavy atom. The number of carbonyl (C=O) groups excluding carboxylic acids is 2. The van der Waals surface area contributed by atoms with E-state index in [9.17, 15) is 9.59 Å². The summed E-state index contributed by atoms with van der Waals surface area (Å²) in [6.07, 6.45) is 0.896. The summed E-state index contributed by atoms with van der Waals surface area (Å²) in [4.78, 5) is 35.6. The zero-order valence-electron chi connectivity index (χ0n) is 18.1. The number of hydrogen-bond donors (Lipinski definition) is 2. The predicted octanol–water partition coefficient (Wildman–Crippen LogP) is 4.12. The number of nitrogens with one attached hydrogen (secondary N) is 2. The van der Waals surface area contributed by atoms with E-state index in [0.29, 0.717) is 23.5 Å². The highest BCUT2D eigenvalue weighted by atomic mass is 16.1. The van der Waals surface area contributed by atoms with Crippen LogP contribution in [0, 0.1) is 0 Å². The van der Waals surface area contributed by atoms with Crippen molar-refractivity contribution in [3.05, 3.63) is 77.4 Å². The van der Waals surface area contributed by atoms with Crippen molar-refractivity contribution in [2.45, 2.75) is 6.42 Å². The third-order valence-electron chi connectivity index (χ3n) is 5.82. The fourth-order valence-electron chi connectivity index (χ4n) is 4.25. The molecule has 0 fully saturated rings. The van der Waals surface area contributed by atoms with Crippen LogP contribution in [0.2, 0.25) is 0 Å². The molecule has 4 aromatic rings. The summed E-state index contributed by atoms with van der Waals surface area (Å²) in [5.74, 6) is 0.627. The van der Waals surface area contributed by atoms with Crippen LogP contribution in [0.25, 0.3) is 33.5 Å². The van der Waals surface area contributed by atoms with Gasteiger partial charge in [0.2, 0.25) is 0 Å². The summed E-state index contributed by atoms with van der Waals surface area (Å²) in [5, 5.41) is 2.97. The van der Waals surface area contributed by atoms with Crippen molar-refractivity contribution in [1.82, 2.24) is 20.2 Å². The number of ketones is 1. The Bertz CT molecular complexity index is 1350. The molecule has 0 unspecified atom stereocenters. The quantitative estimate of drug-likeness (QED) is 0.402. The Hall–Kier alpha value is -3.77. The molecule has 6 heteroatoms. The van der Waals surface area contributed by atoms with E-state index in [2.05, 4.69) is 15.2 Å². The van der Waals surface area contributed by atoms with Crippen molar-refractivity contribution >= 4 is 22.7 Å². The minimum absolute atomic E-state index is 0.0433. The van der Waals surface area contributed by atoms with Crippen LogP contribution in [0.15, 0.2) is 60.7 Å². The third-order valence-corrected chi connectivity index (χ3v) is 5.82. The molecule has 1 amide bonds. The molecule has 0 radical (unpaired) electrons. The van der Waals surface area contributed by atoms with Crippen LogP contribution < -0.4 is 5.32 Å². The van der Waals surface area contributed by atoms with E-state index in [1.807, 2.05) is 62.6 Å². The standard InChI is InChI=1S/C26H24N4O2/c1-30(2)14-6-13-27-26(32)16-11-12-21-22(15-16)29-25(28-21)20-10-5-9-19-23(20)17-7-3-4-8-18(17)24(19)31/h3-5,7-12,15H,6,13-14H2,1-2H3,(H,27,32)(H,28,29). The molecular weight excluding hydrogens is 400 g/mol. The van der Waals surface area contributed by atoms with Gasteiger partial charge in [-0.05, 0) is 50.8 Å². The molecule has 0 saturated heterocycles. The van der Waals surface area contributed by atoms with Crippen LogP contribution in [0.4, 0.5) is 0 Å². The SMILES string of the molecule is CN(C)CCCNC(=O)c1ccc2[nH]c(-c3cccc4c3-c3ccccc3C4=O)nc2c1. The maximum absolute atomic E-state index is 12.8. The van der Waals surface area contributed by atoms with Crippen molar-refractivity contribution in [2.75, 3.05) is 27.2 Å². The van der Waals surface area contributed by atoms with Crippen LogP contribution in [0.5, 0.6) is 0 Å². The highest BCUT2D eigenvalue weighted by Gasteiger charge is 2.29. The van der Waals surface area contributed by atoms with Gasteiger partial charge in [-0.3, -0.25) is 9.59 Å². The maximum atomic E-state index is 12.8. The van der Waals surface area contributed by atoms with Gasteiger partial charge in [0.05, 0.1) is 11.0 Å². The van der Waals surface area contributed by atoms with Gasteiger partial charge in [0, 0.05) is 34.4 Å². The van der Waals surface area contributed by atoms with Gasteiger partial charge >= 0.3 is 0 Å². The first-order valence-electron chi connectivity index (χ1n) is 10.7. The van der Waals surface area contributed by atoms with Gasteiger partial charge < -0.3 is 15.2 Å². The third kappa shape index (κ3) is 3.48. The van der Waals surface area contributed by atoms with Crippen LogP contribution in [0.3, 0.4) is 0 Å². The van der Waals surface area contributed by atoms with Crippen molar-refractivity contribution in [3.8, 4) is 22.5 Å². The second kappa shape index (κ2) is 8.05. The average molecular weight is 425 g/mol. The first kappa shape index (κ1) is 20.2. The molecule has 0 aliphatic heterocycles. The van der Waals surface area contributed by atoms with Crippen LogP contribution >= 0.6 is 0 Å². The molecule has 1 aromatic heterocycles. The van der Waals surface area contributed by atoms with Crippen LogP contribution in [-0.2, 0) is 0 Å². The van der Waals surface area contributed by atoms with Crippen LogP contribution in [-0.4, -0.2) is 53.7 Å². The summed E-state index contributed by atoms with van der Waals surface area (Å²) in [6.45, 7) is 1.56. The lowest BCUT2D eigenvalue weighted by atomic mass is 9.99. The van der Waals surface area contributed by atoms with Crippen molar-refractivity contribution in [1.29, 1.82) is 0 Å². The topological polar surface area (TPSA) is 78.1 Å². The molecule has 5 rings (SSSR count). The summed E-state index contributed by atoms with van der Waals surface area (Å²) in [7, 11) is 4.03. The van der Waals surface area contributed by atoms with Crippen molar-refractivity contribution < 1.29 is 9.59 Å². The Kier molecular flexibility index (Phi) is 5.07. The zero-order valence-corrected chi connectivity index (χ0v) is 18.1. The lowest BCUT2D eigenvalue weighted by Gasteiger charge is -2.09. The highest BCUT2D eigenvalue weighted by Crippen LogP contribution is 2.42. The number of aromatic amines is 1. The summed E-state index contributed by atoms with van der Waals surface area (Å²) in [5.41, 5.74) is 6.29. The number of amides is 1. The van der Waals surface area contributed by atoms with Gasteiger partial charge in [-0.15, -0.1) is 0 Å². The molecule has 0 bridgehead atoms. The number of imidazole rings is 1. The van der Waals surface area contributed by atoms with Crippen molar-refractivity contribution in [3.63, 3.8) is 0 Å². The van der Waals surface area contributed by atoms with Gasteiger partial charge in [0.25, 0.3) is 5.91 Å². The van der Waals surface area contributed by atoms with E-state index >= 15 is 0 Å². The molecule has 1 aliphatic carbocycles. The molecule has 1 heterocycles. The highest BCUT2D eigenvalue weighted by molar-refractivity contribution is 6.23. The van der Waals surface area contributed by atoms with Gasteiger partial charge in [-0.25, -0.2) is 4.98 Å². The van der Waals surface area contributed by atoms with Gasteiger partial charge in [0.1, 0.15) is 5.82 Å². The molecule has 0 saturated carbocycles. The second-order valence-electron chi connectivity index (χ2n) is 8.33. The lowest BCUT2D eigenvalue weighted by molar-refractivity contribution is 0.0951. The van der Waals surface area contributed by atoms with E-state index in [0.717, 1.165) is 46.3 Å². The number of rotatable bonds is 6. The monoisotopic (exact) mass is 424 g/mol. The second-order valence-corrected chi connectivity index (χ2v) is 8.33. The summed E-state index contributed by atoms with van der Waals surface area (Å²) in [6, 6.07) is 18.9. The number of H-pyrrole nitrogens is 1. The number of carbonyl (C=O) groups is 2. The minimum Gasteiger partial charge on any atom is -0.352 e. The van der Waals surface area contributed by atoms with E-state index in [-0.39, 0.29) is 11.7 Å². The van der Waals surface area contributed by atoms with Gasteiger partial charge in [0.15, 0.2) is 5.78 Å². The molecule has 0 spiro atoms. The molecule has 1 aliphatic rings. The van der Waals surface area contributed by atoms with Gasteiger partial charge in [-0.2, -0.15) is 0 Å². The van der Waals surface area contributed by atoms with Crippen molar-refractivity contribution in [2.24, 2.45) is 0 Å². The largest absolute Gasteiger partial charge is 0.352 e. The number of aromatic nitrogens is 2. The van der Waals surface area contributed by atoms with Gasteiger partial charge in [-0.1, -0.05) is 42.5 Å². The predicted molar refractivity (Wildman–Crippen MR) is 126 cm³/mol. The molecular formula is C26H24N4O2. The number of fused-ring (bicyclic) bond motifs is 4. The Balaban J connectivity index is 1.47. The number of nitrogens with zero attached hydrogens (tertiary/aromatic N) is 2. The van der Waals surface area contributed by atoms with E-state index in [1.54, 1.807) is 12.1 Å². The molecule has 6 nitrogen and oxygen atoms in total. The first-order valence-corrected chi connectivity index (χ1v) is 10.7. The maximum Gasteiger partial charge on any atom is 0.251 e.